The Morgan fingerprint density at radius 2 is 1.90 bits per heavy atom. The van der Waals surface area contributed by atoms with Crippen molar-refractivity contribution in [3.05, 3.63) is 22.7 Å². The van der Waals surface area contributed by atoms with Gasteiger partial charge in [-0.3, -0.25) is 0 Å². The normalized spacial score (nSPS) is 10.0. The summed E-state index contributed by atoms with van der Waals surface area (Å²) in [6, 6.07) is 0. The molecule has 0 bridgehead atoms. The number of nitrogens with zero attached hydrogens (tertiary/aromatic N) is 2. The van der Waals surface area contributed by atoms with Gasteiger partial charge in [-0.15, -0.1) is 0 Å². The van der Waals surface area contributed by atoms with Crippen LogP contribution in [0.25, 0.3) is 0 Å². The van der Waals surface area contributed by atoms with E-state index in [0.29, 0.717) is 0 Å². The van der Waals surface area contributed by atoms with Crippen LogP contribution in [0.1, 0.15) is 5.56 Å². The number of hydrogen-bond acceptors (Lipinski definition) is 2. The van der Waals surface area contributed by atoms with Crippen LogP contribution < -0.4 is 0 Å². The van der Waals surface area contributed by atoms with Gasteiger partial charge in [0.15, 0.2) is 0 Å². The minimum atomic E-state index is -1.15. The lowest BCUT2D eigenvalue weighted by molar-refractivity contribution is 0.477. The average molecular weight is 165 g/mol. The first kappa shape index (κ1) is 7.34. The third-order valence-electron chi connectivity index (χ3n) is 1.000. The van der Waals surface area contributed by atoms with Crippen molar-refractivity contribution in [3.8, 4) is 0 Å². The first-order valence-corrected chi connectivity index (χ1v) is 2.84. The molecule has 0 spiro atoms. The van der Waals surface area contributed by atoms with Crippen molar-refractivity contribution >= 4 is 11.6 Å². The molecule has 10 heavy (non-hydrogen) atoms. The van der Waals surface area contributed by atoms with Gasteiger partial charge in [-0.1, -0.05) is 11.6 Å². The SMILES string of the molecule is Cc1c(F)nc(F)nc1Cl. The molecule has 0 aliphatic carbocycles. The Hall–Kier alpha value is -0.770. The molecule has 0 radical (unpaired) electrons. The lowest BCUT2D eigenvalue weighted by atomic mass is 10.4. The molecule has 0 unspecified atom stereocenters. The molecule has 0 aliphatic rings. The summed E-state index contributed by atoms with van der Waals surface area (Å²) in [6.45, 7) is 1.37. The second-order valence-electron chi connectivity index (χ2n) is 1.70. The fourth-order valence-corrected chi connectivity index (χ4v) is 0.588. The van der Waals surface area contributed by atoms with Crippen molar-refractivity contribution in [2.45, 2.75) is 6.92 Å². The number of hydrogen-bond donors (Lipinski definition) is 0. The van der Waals surface area contributed by atoms with E-state index < -0.39 is 12.0 Å². The van der Waals surface area contributed by atoms with E-state index in [9.17, 15) is 8.78 Å². The van der Waals surface area contributed by atoms with Crippen molar-refractivity contribution in [3.63, 3.8) is 0 Å². The summed E-state index contributed by atoms with van der Waals surface area (Å²) in [6.07, 6.45) is -1.15. The van der Waals surface area contributed by atoms with Gasteiger partial charge in [0.1, 0.15) is 5.15 Å². The van der Waals surface area contributed by atoms with Gasteiger partial charge in [0.25, 0.3) is 0 Å². The van der Waals surface area contributed by atoms with Gasteiger partial charge in [-0.2, -0.15) is 18.7 Å². The Bertz CT molecular complexity index is 241. The molecule has 0 N–H and O–H groups in total. The fourth-order valence-electron chi connectivity index (χ4n) is 0.440. The van der Waals surface area contributed by atoms with Crippen molar-refractivity contribution in [1.82, 2.24) is 9.97 Å². The highest BCUT2D eigenvalue weighted by atomic mass is 35.5. The first-order chi connectivity index (χ1) is 4.61. The maximum atomic E-state index is 12.4. The monoisotopic (exact) mass is 164 g/mol. The average Bonchev–Trinajstić information content (AvgIpc) is 1.82. The van der Waals surface area contributed by atoms with E-state index in [1.165, 1.54) is 6.92 Å². The Balaban J connectivity index is 3.31. The molecule has 54 valence electrons. The van der Waals surface area contributed by atoms with Gasteiger partial charge in [0.05, 0.1) is 0 Å². The van der Waals surface area contributed by atoms with E-state index in [-0.39, 0.29) is 10.7 Å². The molecule has 1 aromatic rings. The smallest absolute Gasteiger partial charge is 0.190 e. The van der Waals surface area contributed by atoms with E-state index in [1.54, 1.807) is 0 Å². The first-order valence-electron chi connectivity index (χ1n) is 2.46. The zero-order valence-corrected chi connectivity index (χ0v) is 5.78. The quantitative estimate of drug-likeness (QED) is 0.431. The molecule has 2 nitrogen and oxygen atoms in total. The molecule has 0 atom stereocenters. The van der Waals surface area contributed by atoms with Crippen LogP contribution in [0.3, 0.4) is 0 Å². The van der Waals surface area contributed by atoms with Gasteiger partial charge < -0.3 is 0 Å². The molecule has 0 amide bonds. The predicted molar refractivity (Wildman–Crippen MR) is 31.7 cm³/mol. The third-order valence-corrected chi connectivity index (χ3v) is 1.37. The summed E-state index contributed by atoms with van der Waals surface area (Å²) < 4.78 is 24.4. The lowest BCUT2D eigenvalue weighted by Crippen LogP contribution is -1.97. The number of aromatic nitrogens is 2. The summed E-state index contributed by atoms with van der Waals surface area (Å²) in [5.41, 5.74) is 0.0584. The largest absolute Gasteiger partial charge is 0.312 e. The van der Waals surface area contributed by atoms with Gasteiger partial charge >= 0.3 is 6.08 Å². The van der Waals surface area contributed by atoms with Crippen molar-refractivity contribution in [1.29, 1.82) is 0 Å². The van der Waals surface area contributed by atoms with Crippen LogP contribution in [0.2, 0.25) is 5.15 Å². The van der Waals surface area contributed by atoms with Crippen LogP contribution in [-0.2, 0) is 0 Å². The van der Waals surface area contributed by atoms with Crippen LogP contribution in [0.4, 0.5) is 8.78 Å². The van der Waals surface area contributed by atoms with Crippen LogP contribution >= 0.6 is 11.6 Å². The number of halogens is 3. The number of rotatable bonds is 0. The zero-order valence-electron chi connectivity index (χ0n) is 5.03. The van der Waals surface area contributed by atoms with E-state index in [0.717, 1.165) is 0 Å². The topological polar surface area (TPSA) is 25.8 Å². The Morgan fingerprint density at radius 1 is 1.30 bits per heavy atom. The molecular formula is C5H3ClF2N2. The molecule has 0 fully saturated rings. The van der Waals surface area contributed by atoms with Gasteiger partial charge in [-0.05, 0) is 6.92 Å². The second-order valence-corrected chi connectivity index (χ2v) is 2.06. The summed E-state index contributed by atoms with van der Waals surface area (Å²) in [7, 11) is 0. The van der Waals surface area contributed by atoms with E-state index in [2.05, 4.69) is 9.97 Å². The fraction of sp³-hybridized carbons (Fsp3) is 0.200. The molecule has 1 heterocycles. The van der Waals surface area contributed by atoms with E-state index in [1.807, 2.05) is 0 Å². The van der Waals surface area contributed by atoms with Crippen molar-refractivity contribution in [2.75, 3.05) is 0 Å². The van der Waals surface area contributed by atoms with Gasteiger partial charge in [0.2, 0.25) is 5.95 Å². The maximum Gasteiger partial charge on any atom is 0.312 e. The van der Waals surface area contributed by atoms with Gasteiger partial charge in [0, 0.05) is 5.56 Å². The maximum absolute atomic E-state index is 12.4. The minimum Gasteiger partial charge on any atom is -0.190 e. The minimum absolute atomic E-state index is 0.0584. The van der Waals surface area contributed by atoms with Crippen molar-refractivity contribution < 1.29 is 8.78 Å². The molecule has 1 aromatic heterocycles. The van der Waals surface area contributed by atoms with Crippen LogP contribution in [0, 0.1) is 18.9 Å². The van der Waals surface area contributed by atoms with Gasteiger partial charge in [-0.25, -0.2) is 0 Å². The van der Waals surface area contributed by atoms with Crippen LogP contribution in [-0.4, -0.2) is 9.97 Å². The third kappa shape index (κ3) is 1.21. The molecule has 0 aliphatic heterocycles. The zero-order chi connectivity index (χ0) is 7.72. The molecular weight excluding hydrogens is 162 g/mol. The highest BCUT2D eigenvalue weighted by molar-refractivity contribution is 6.30. The summed E-state index contributed by atoms with van der Waals surface area (Å²) >= 11 is 5.29. The van der Waals surface area contributed by atoms with E-state index >= 15 is 0 Å². The van der Waals surface area contributed by atoms with Crippen LogP contribution in [0.15, 0.2) is 0 Å². The molecule has 0 saturated heterocycles. The van der Waals surface area contributed by atoms with Crippen LogP contribution in [0.5, 0.6) is 0 Å². The van der Waals surface area contributed by atoms with Crippen molar-refractivity contribution in [2.24, 2.45) is 0 Å². The molecule has 0 saturated carbocycles. The Kier molecular flexibility index (Phi) is 1.80. The summed E-state index contributed by atoms with van der Waals surface area (Å²) in [5.74, 6) is -0.919. The predicted octanol–water partition coefficient (Wildman–Crippen LogP) is 1.72. The molecule has 0 aromatic carbocycles. The second kappa shape index (κ2) is 2.46. The van der Waals surface area contributed by atoms with E-state index in [4.69, 9.17) is 11.6 Å². The standard InChI is InChI=1S/C5H3ClF2N2/c1-2-3(6)9-5(8)10-4(2)7/h1H3. The lowest BCUT2D eigenvalue weighted by Gasteiger charge is -1.95. The highest BCUT2D eigenvalue weighted by Gasteiger charge is 2.06. The molecule has 1 rings (SSSR count). The summed E-state index contributed by atoms with van der Waals surface area (Å²) in [5, 5.41) is -0.190. The highest BCUT2D eigenvalue weighted by Crippen LogP contribution is 2.12. The Labute approximate surface area is 60.9 Å². The summed E-state index contributed by atoms with van der Waals surface area (Å²) in [4.78, 5) is 5.89. The molecule has 5 heteroatoms. The Morgan fingerprint density at radius 3 is 2.40 bits per heavy atom.